The number of aliphatic hydroxyl groups is 1. The molecule has 3 rings (SSSR count). The summed E-state index contributed by atoms with van der Waals surface area (Å²) >= 11 is 0. The molecule has 2 heterocycles. The predicted molar refractivity (Wildman–Crippen MR) is 93.8 cm³/mol. The fourth-order valence-corrected chi connectivity index (χ4v) is 4.86. The Bertz CT molecular complexity index is 424. The summed E-state index contributed by atoms with van der Waals surface area (Å²) in [4.78, 5) is 17.2. The van der Waals surface area contributed by atoms with Crippen molar-refractivity contribution in [1.29, 1.82) is 0 Å². The summed E-state index contributed by atoms with van der Waals surface area (Å²) in [6.45, 7) is 8.42. The van der Waals surface area contributed by atoms with Crippen LogP contribution in [0.4, 0.5) is 0 Å². The molecule has 1 aliphatic carbocycles. The molecule has 3 atom stereocenters. The summed E-state index contributed by atoms with van der Waals surface area (Å²) in [6, 6.07) is -0.0387. The van der Waals surface area contributed by atoms with Crippen molar-refractivity contribution < 1.29 is 14.6 Å². The van der Waals surface area contributed by atoms with Gasteiger partial charge in [0, 0.05) is 31.5 Å². The number of rotatable bonds is 4. The highest BCUT2D eigenvalue weighted by molar-refractivity contribution is 5.81. The van der Waals surface area contributed by atoms with Gasteiger partial charge in [-0.1, -0.05) is 12.8 Å². The Labute approximate surface area is 146 Å². The molecule has 0 aromatic carbocycles. The van der Waals surface area contributed by atoms with Crippen molar-refractivity contribution in [3.05, 3.63) is 0 Å². The highest BCUT2D eigenvalue weighted by Gasteiger charge is 2.56. The Balaban J connectivity index is 1.54. The summed E-state index contributed by atoms with van der Waals surface area (Å²) in [5, 5.41) is 10.3. The number of amides is 1. The van der Waals surface area contributed by atoms with Crippen LogP contribution in [0.3, 0.4) is 0 Å². The third-order valence-corrected chi connectivity index (χ3v) is 6.66. The molecule has 5 heteroatoms. The number of carbonyl (C=O) groups is 1. The summed E-state index contributed by atoms with van der Waals surface area (Å²) < 4.78 is 5.84. The van der Waals surface area contributed by atoms with Gasteiger partial charge < -0.3 is 14.7 Å². The molecule has 138 valence electrons. The van der Waals surface area contributed by atoms with Crippen molar-refractivity contribution in [2.75, 3.05) is 32.8 Å². The van der Waals surface area contributed by atoms with Gasteiger partial charge in [0.15, 0.2) is 0 Å². The zero-order valence-corrected chi connectivity index (χ0v) is 15.4. The lowest BCUT2D eigenvalue weighted by Crippen LogP contribution is -2.63. The number of piperidine rings is 1. The minimum atomic E-state index is -0.229. The topological polar surface area (TPSA) is 53.0 Å². The second-order valence-electron chi connectivity index (χ2n) is 7.88. The Morgan fingerprint density at radius 1 is 1.17 bits per heavy atom. The van der Waals surface area contributed by atoms with Crippen LogP contribution in [0, 0.1) is 5.41 Å². The monoisotopic (exact) mass is 338 g/mol. The number of ether oxygens (including phenoxy) is 1. The van der Waals surface area contributed by atoms with E-state index in [1.54, 1.807) is 0 Å². The molecule has 1 amide bonds. The maximum Gasteiger partial charge on any atom is 0.239 e. The fourth-order valence-electron chi connectivity index (χ4n) is 4.86. The van der Waals surface area contributed by atoms with Gasteiger partial charge in [0.1, 0.15) is 0 Å². The average Bonchev–Trinajstić information content (AvgIpc) is 2.90. The molecule has 24 heavy (non-hydrogen) atoms. The van der Waals surface area contributed by atoms with Gasteiger partial charge in [0.25, 0.3) is 0 Å². The molecular formula is C19H34N2O3. The third-order valence-electron chi connectivity index (χ3n) is 6.66. The minimum absolute atomic E-state index is 0.0387. The number of carbonyl (C=O) groups excluding carboxylic acids is 1. The second kappa shape index (κ2) is 7.71. The zero-order valence-electron chi connectivity index (χ0n) is 15.4. The lowest BCUT2D eigenvalue weighted by Gasteiger charge is -2.57. The first kappa shape index (κ1) is 18.2. The molecule has 0 aromatic rings. The smallest absolute Gasteiger partial charge is 0.239 e. The van der Waals surface area contributed by atoms with E-state index < -0.39 is 0 Å². The van der Waals surface area contributed by atoms with Crippen LogP contribution < -0.4 is 0 Å². The van der Waals surface area contributed by atoms with E-state index in [0.29, 0.717) is 12.5 Å². The van der Waals surface area contributed by atoms with Gasteiger partial charge in [-0.15, -0.1) is 0 Å². The van der Waals surface area contributed by atoms with Crippen LogP contribution in [0.15, 0.2) is 0 Å². The molecule has 5 nitrogen and oxygen atoms in total. The third kappa shape index (κ3) is 3.35. The summed E-state index contributed by atoms with van der Waals surface area (Å²) in [6.07, 6.45) is 7.42. The van der Waals surface area contributed by atoms with E-state index in [0.717, 1.165) is 58.3 Å². The Hall–Kier alpha value is -0.650. The number of hydrogen-bond donors (Lipinski definition) is 1. The second-order valence-corrected chi connectivity index (χ2v) is 7.88. The molecule has 3 fully saturated rings. The van der Waals surface area contributed by atoms with Gasteiger partial charge in [-0.2, -0.15) is 0 Å². The van der Waals surface area contributed by atoms with Gasteiger partial charge in [-0.3, -0.25) is 9.69 Å². The van der Waals surface area contributed by atoms with Crippen LogP contribution in [0.1, 0.15) is 58.8 Å². The van der Waals surface area contributed by atoms with Crippen LogP contribution in [-0.4, -0.2) is 71.8 Å². The molecule has 0 unspecified atom stereocenters. The van der Waals surface area contributed by atoms with Crippen LogP contribution in [0.5, 0.6) is 0 Å². The maximum atomic E-state index is 12.8. The maximum absolute atomic E-state index is 12.8. The molecule has 1 N–H and O–H groups in total. The molecule has 1 saturated carbocycles. The molecule has 3 aliphatic rings. The van der Waals surface area contributed by atoms with Crippen LogP contribution in [-0.2, 0) is 9.53 Å². The Morgan fingerprint density at radius 3 is 2.33 bits per heavy atom. The highest BCUT2D eigenvalue weighted by atomic mass is 16.5. The summed E-state index contributed by atoms with van der Waals surface area (Å²) in [5.74, 6) is 0.295. The standard InChI is InChI=1S/C19H34N2O3/c1-3-24-17-14-16(22)19(17)8-12-20(13-9-19)15(2)18(23)21-10-6-4-5-7-11-21/h15-17,22H,3-14H2,1-2H3/t15-,16-,17-/m1/s1. The van der Waals surface area contributed by atoms with E-state index >= 15 is 0 Å². The summed E-state index contributed by atoms with van der Waals surface area (Å²) in [7, 11) is 0. The van der Waals surface area contributed by atoms with Gasteiger partial charge in [0.05, 0.1) is 18.2 Å². The van der Waals surface area contributed by atoms with Crippen molar-refractivity contribution >= 4 is 5.91 Å². The molecule has 2 aliphatic heterocycles. The first-order valence-electron chi connectivity index (χ1n) is 9.91. The van der Waals surface area contributed by atoms with Crippen LogP contribution >= 0.6 is 0 Å². The SMILES string of the molecule is CCO[C@@H]1C[C@@H](O)C12CCN([C@H](C)C(=O)N1CCCCCC1)CC2. The lowest BCUT2D eigenvalue weighted by molar-refractivity contribution is -0.211. The van der Waals surface area contributed by atoms with E-state index in [1.165, 1.54) is 12.8 Å². The zero-order chi connectivity index (χ0) is 17.2. The van der Waals surface area contributed by atoms with Crippen LogP contribution in [0.25, 0.3) is 0 Å². The number of hydrogen-bond acceptors (Lipinski definition) is 4. The van der Waals surface area contributed by atoms with Crippen LogP contribution in [0.2, 0.25) is 0 Å². The highest BCUT2D eigenvalue weighted by Crippen LogP contribution is 2.51. The Kier molecular flexibility index (Phi) is 5.83. The quantitative estimate of drug-likeness (QED) is 0.852. The van der Waals surface area contributed by atoms with E-state index in [4.69, 9.17) is 4.74 Å². The lowest BCUT2D eigenvalue weighted by atomic mass is 9.58. The molecule has 0 bridgehead atoms. The largest absolute Gasteiger partial charge is 0.392 e. The number of nitrogens with zero attached hydrogens (tertiary/aromatic N) is 2. The molecule has 2 saturated heterocycles. The predicted octanol–water partition coefficient (Wildman–Crippen LogP) is 2.03. The molecule has 1 spiro atoms. The normalized spacial score (nSPS) is 32.2. The van der Waals surface area contributed by atoms with E-state index in [-0.39, 0.29) is 23.7 Å². The first-order chi connectivity index (χ1) is 11.6. The van der Waals surface area contributed by atoms with Crippen molar-refractivity contribution in [3.63, 3.8) is 0 Å². The van der Waals surface area contributed by atoms with Crippen molar-refractivity contribution in [1.82, 2.24) is 9.80 Å². The van der Waals surface area contributed by atoms with E-state index in [9.17, 15) is 9.90 Å². The van der Waals surface area contributed by atoms with Crippen molar-refractivity contribution in [3.8, 4) is 0 Å². The molecule has 0 aromatic heterocycles. The number of aliphatic hydroxyl groups excluding tert-OH is 1. The summed E-state index contributed by atoms with van der Waals surface area (Å²) in [5.41, 5.74) is -0.0577. The number of likely N-dealkylation sites (tertiary alicyclic amines) is 2. The average molecular weight is 338 g/mol. The van der Waals surface area contributed by atoms with Gasteiger partial charge in [0.2, 0.25) is 5.91 Å². The Morgan fingerprint density at radius 2 is 1.79 bits per heavy atom. The minimum Gasteiger partial charge on any atom is -0.392 e. The van der Waals surface area contributed by atoms with Crippen molar-refractivity contribution in [2.24, 2.45) is 5.41 Å². The van der Waals surface area contributed by atoms with Gasteiger partial charge in [-0.25, -0.2) is 0 Å². The van der Waals surface area contributed by atoms with Crippen molar-refractivity contribution in [2.45, 2.75) is 77.0 Å². The van der Waals surface area contributed by atoms with Gasteiger partial charge >= 0.3 is 0 Å². The van der Waals surface area contributed by atoms with E-state index in [1.807, 2.05) is 6.92 Å². The van der Waals surface area contributed by atoms with E-state index in [2.05, 4.69) is 16.7 Å². The first-order valence-corrected chi connectivity index (χ1v) is 9.91. The fraction of sp³-hybridized carbons (Fsp3) is 0.947. The molecular weight excluding hydrogens is 304 g/mol. The molecule has 0 radical (unpaired) electrons. The van der Waals surface area contributed by atoms with Gasteiger partial charge in [-0.05, 0) is 52.6 Å².